The second kappa shape index (κ2) is 7.64. The van der Waals surface area contributed by atoms with Crippen LogP contribution in [0.2, 0.25) is 0 Å². The molecule has 0 aromatic heterocycles. The molecule has 0 spiro atoms. The minimum absolute atomic E-state index is 0.0628. The largest absolute Gasteiger partial charge is 0.347 e. The van der Waals surface area contributed by atoms with Crippen LogP contribution in [0.25, 0.3) is 0 Å². The summed E-state index contributed by atoms with van der Waals surface area (Å²) >= 11 is 0. The van der Waals surface area contributed by atoms with Gasteiger partial charge in [0.2, 0.25) is 5.91 Å². The molecule has 5 nitrogen and oxygen atoms in total. The summed E-state index contributed by atoms with van der Waals surface area (Å²) < 4.78 is 13.5. The molecule has 1 saturated carbocycles. The highest BCUT2D eigenvalue weighted by Gasteiger charge is 2.32. The molecule has 0 radical (unpaired) electrons. The van der Waals surface area contributed by atoms with Crippen molar-refractivity contribution in [1.82, 2.24) is 10.2 Å². The molecule has 2 fully saturated rings. The summed E-state index contributed by atoms with van der Waals surface area (Å²) in [7, 11) is 0. The van der Waals surface area contributed by atoms with Gasteiger partial charge in [0.05, 0.1) is 17.7 Å². The molecule has 0 unspecified atom stereocenters. The zero-order chi connectivity index (χ0) is 17.8. The predicted octanol–water partition coefficient (Wildman–Crippen LogP) is 2.61. The normalized spacial score (nSPS) is 21.2. The first kappa shape index (κ1) is 17.4. The molecular weight excluding hydrogens is 321 g/mol. The molecule has 3 rings (SSSR count). The zero-order valence-electron chi connectivity index (χ0n) is 14.1. The number of amides is 2. The number of hydrogen-bond acceptors (Lipinski definition) is 3. The molecular formula is C19H22FN3O2. The van der Waals surface area contributed by atoms with Crippen molar-refractivity contribution in [1.29, 1.82) is 5.26 Å². The van der Waals surface area contributed by atoms with E-state index in [1.807, 2.05) is 11.0 Å². The lowest BCUT2D eigenvalue weighted by molar-refractivity contribution is -0.128. The van der Waals surface area contributed by atoms with Crippen molar-refractivity contribution >= 4 is 11.8 Å². The van der Waals surface area contributed by atoms with Crippen molar-refractivity contribution in [3.8, 4) is 6.07 Å². The fourth-order valence-electron chi connectivity index (χ4n) is 3.78. The first-order valence-electron chi connectivity index (χ1n) is 8.84. The number of nitriles is 1. The van der Waals surface area contributed by atoms with Gasteiger partial charge in [0.25, 0.3) is 5.91 Å². The van der Waals surface area contributed by atoms with E-state index < -0.39 is 11.7 Å². The third-order valence-electron chi connectivity index (χ3n) is 5.04. The van der Waals surface area contributed by atoms with Crippen LogP contribution < -0.4 is 5.32 Å². The van der Waals surface area contributed by atoms with Crippen LogP contribution in [0.4, 0.5) is 4.39 Å². The Morgan fingerprint density at radius 3 is 2.76 bits per heavy atom. The number of carbonyl (C=O) groups is 2. The first-order valence-corrected chi connectivity index (χ1v) is 8.84. The van der Waals surface area contributed by atoms with Crippen LogP contribution in [0, 0.1) is 23.1 Å². The van der Waals surface area contributed by atoms with Crippen molar-refractivity contribution in [3.63, 3.8) is 0 Å². The minimum Gasteiger partial charge on any atom is -0.347 e. The van der Waals surface area contributed by atoms with Crippen LogP contribution in [0.3, 0.4) is 0 Å². The number of benzene rings is 1. The molecule has 6 heteroatoms. The lowest BCUT2D eigenvalue weighted by atomic mass is 9.89. The van der Waals surface area contributed by atoms with Crippen LogP contribution >= 0.6 is 0 Å². The highest BCUT2D eigenvalue weighted by Crippen LogP contribution is 2.26. The van der Waals surface area contributed by atoms with Gasteiger partial charge >= 0.3 is 0 Å². The van der Waals surface area contributed by atoms with Crippen molar-refractivity contribution in [2.75, 3.05) is 13.1 Å². The molecule has 1 aromatic rings. The first-order chi connectivity index (χ1) is 12.0. The number of rotatable bonds is 4. The average molecular weight is 343 g/mol. The molecule has 1 saturated heterocycles. The van der Waals surface area contributed by atoms with Crippen molar-refractivity contribution in [3.05, 3.63) is 35.1 Å². The second-order valence-electron chi connectivity index (χ2n) is 7.02. The van der Waals surface area contributed by atoms with E-state index in [9.17, 15) is 14.0 Å². The van der Waals surface area contributed by atoms with Gasteiger partial charge in [-0.3, -0.25) is 9.59 Å². The van der Waals surface area contributed by atoms with Gasteiger partial charge in [0, 0.05) is 25.1 Å². The Morgan fingerprint density at radius 1 is 1.28 bits per heavy atom. The number of carbonyl (C=O) groups excluding carboxylic acids is 2. The zero-order valence-corrected chi connectivity index (χ0v) is 14.1. The van der Waals surface area contributed by atoms with E-state index in [-0.39, 0.29) is 29.5 Å². The molecule has 0 bridgehead atoms. The number of halogens is 1. The van der Waals surface area contributed by atoms with Gasteiger partial charge in [-0.2, -0.15) is 5.26 Å². The smallest absolute Gasteiger partial charge is 0.251 e. The fraction of sp³-hybridized carbons (Fsp3) is 0.526. The van der Waals surface area contributed by atoms with Gasteiger partial charge in [-0.15, -0.1) is 0 Å². The Labute approximate surface area is 146 Å². The quantitative estimate of drug-likeness (QED) is 0.913. The Morgan fingerprint density at radius 2 is 2.04 bits per heavy atom. The maximum absolute atomic E-state index is 13.5. The van der Waals surface area contributed by atoms with Crippen molar-refractivity contribution in [2.24, 2.45) is 5.92 Å². The van der Waals surface area contributed by atoms with Crippen molar-refractivity contribution < 1.29 is 14.0 Å². The molecule has 132 valence electrons. The summed E-state index contributed by atoms with van der Waals surface area (Å²) in [4.78, 5) is 26.4. The average Bonchev–Trinajstić information content (AvgIpc) is 2.94. The molecule has 1 aliphatic carbocycles. The molecule has 2 amide bonds. The van der Waals surface area contributed by atoms with Crippen LogP contribution in [0.5, 0.6) is 0 Å². The third kappa shape index (κ3) is 4.36. The van der Waals surface area contributed by atoms with Gasteiger partial charge < -0.3 is 10.2 Å². The molecule has 1 atom stereocenters. The van der Waals surface area contributed by atoms with Crippen molar-refractivity contribution in [2.45, 2.75) is 44.6 Å². The SMILES string of the molecule is N#Cc1cc(F)cc(C(=O)N[C@@H]2CC(=O)N(CC3CCCCC3)C2)c1. The standard InChI is InChI=1S/C19H22FN3O2/c20-16-7-14(10-21)6-15(8-16)19(25)22-17-9-18(24)23(12-17)11-13-4-2-1-3-5-13/h6-8,13,17H,1-5,9,11-12H2,(H,22,25)/t17-/m1/s1. The van der Waals surface area contributed by atoms with Gasteiger partial charge in [0.15, 0.2) is 0 Å². The van der Waals surface area contributed by atoms with E-state index in [4.69, 9.17) is 5.26 Å². The van der Waals surface area contributed by atoms with Crippen LogP contribution in [-0.2, 0) is 4.79 Å². The van der Waals surface area contributed by atoms with Gasteiger partial charge in [-0.25, -0.2) is 4.39 Å². The summed E-state index contributed by atoms with van der Waals surface area (Å²) in [6.07, 6.45) is 6.35. The van der Waals surface area contributed by atoms with E-state index in [1.54, 1.807) is 0 Å². The van der Waals surface area contributed by atoms with E-state index in [1.165, 1.54) is 38.2 Å². The molecule has 1 heterocycles. The van der Waals surface area contributed by atoms with E-state index in [2.05, 4.69) is 5.32 Å². The van der Waals surface area contributed by atoms with E-state index in [0.29, 0.717) is 12.5 Å². The van der Waals surface area contributed by atoms with E-state index in [0.717, 1.165) is 18.7 Å². The number of hydrogen-bond donors (Lipinski definition) is 1. The van der Waals surface area contributed by atoms with Crippen LogP contribution in [-0.4, -0.2) is 35.8 Å². The molecule has 2 aliphatic rings. The lowest BCUT2D eigenvalue weighted by Gasteiger charge is -2.27. The monoisotopic (exact) mass is 343 g/mol. The highest BCUT2D eigenvalue weighted by molar-refractivity contribution is 5.95. The minimum atomic E-state index is -0.620. The maximum Gasteiger partial charge on any atom is 0.251 e. The summed E-state index contributed by atoms with van der Waals surface area (Å²) in [5, 5.41) is 11.7. The number of nitrogens with zero attached hydrogens (tertiary/aromatic N) is 2. The maximum atomic E-state index is 13.5. The Bertz CT molecular complexity index is 707. The van der Waals surface area contributed by atoms with Gasteiger partial charge in [-0.05, 0) is 37.0 Å². The van der Waals surface area contributed by atoms with Gasteiger partial charge in [-0.1, -0.05) is 19.3 Å². The van der Waals surface area contributed by atoms with E-state index >= 15 is 0 Å². The second-order valence-corrected chi connectivity index (χ2v) is 7.02. The topological polar surface area (TPSA) is 73.2 Å². The summed E-state index contributed by atoms with van der Waals surface area (Å²) in [5.41, 5.74) is 0.210. The third-order valence-corrected chi connectivity index (χ3v) is 5.04. The van der Waals surface area contributed by atoms with Crippen LogP contribution in [0.1, 0.15) is 54.4 Å². The number of likely N-dealkylation sites (tertiary alicyclic amines) is 1. The Kier molecular flexibility index (Phi) is 5.32. The summed E-state index contributed by atoms with van der Waals surface area (Å²) in [5.74, 6) is -0.444. The fourth-order valence-corrected chi connectivity index (χ4v) is 3.78. The summed E-state index contributed by atoms with van der Waals surface area (Å²) in [6.45, 7) is 1.27. The number of nitrogens with one attached hydrogen (secondary N) is 1. The predicted molar refractivity (Wildman–Crippen MR) is 90.1 cm³/mol. The molecule has 1 aromatic carbocycles. The lowest BCUT2D eigenvalue weighted by Crippen LogP contribution is -2.38. The van der Waals surface area contributed by atoms with Crippen LogP contribution in [0.15, 0.2) is 18.2 Å². The highest BCUT2D eigenvalue weighted by atomic mass is 19.1. The Hall–Kier alpha value is -2.42. The molecule has 25 heavy (non-hydrogen) atoms. The summed E-state index contributed by atoms with van der Waals surface area (Å²) in [6, 6.07) is 5.11. The Balaban J connectivity index is 1.58. The van der Waals surface area contributed by atoms with Gasteiger partial charge in [0.1, 0.15) is 5.82 Å². The molecule has 1 N–H and O–H groups in total. The molecule has 1 aliphatic heterocycles.